The van der Waals surface area contributed by atoms with Crippen LogP contribution < -0.4 is 10.6 Å². The number of ether oxygens (including phenoxy) is 2. The Balaban J connectivity index is 1.40. The molecule has 1 aliphatic heterocycles. The molecule has 2 amide bonds. The van der Waals surface area contributed by atoms with E-state index in [-0.39, 0.29) is 30.6 Å². The van der Waals surface area contributed by atoms with Crippen LogP contribution >= 0.6 is 0 Å². The zero-order chi connectivity index (χ0) is 32.0. The van der Waals surface area contributed by atoms with Gasteiger partial charge >= 0.3 is 0 Å². The summed E-state index contributed by atoms with van der Waals surface area (Å²) < 4.78 is 13.0. The third-order valence-electron chi connectivity index (χ3n) is 8.01. The lowest BCUT2D eigenvalue weighted by Gasteiger charge is -2.37. The molecule has 0 radical (unpaired) electrons. The minimum absolute atomic E-state index is 0.0104. The molecule has 4 rings (SSSR count). The van der Waals surface area contributed by atoms with Gasteiger partial charge in [0.15, 0.2) is 6.29 Å². The van der Waals surface area contributed by atoms with E-state index >= 15 is 0 Å². The van der Waals surface area contributed by atoms with Gasteiger partial charge in [0.05, 0.1) is 18.8 Å². The highest BCUT2D eigenvalue weighted by atomic mass is 16.7. The predicted octanol–water partition coefficient (Wildman–Crippen LogP) is 5.82. The van der Waals surface area contributed by atoms with Gasteiger partial charge in [-0.2, -0.15) is 0 Å². The number of carbonyl (C=O) groups excluding carboxylic acids is 2. The lowest BCUT2D eigenvalue weighted by atomic mass is 9.97. The highest BCUT2D eigenvalue weighted by Gasteiger charge is 2.32. The van der Waals surface area contributed by atoms with Crippen molar-refractivity contribution in [3.8, 4) is 11.1 Å². The Morgan fingerprint density at radius 1 is 0.956 bits per heavy atom. The molecule has 1 aliphatic rings. The molecule has 3 aromatic carbocycles. The summed E-state index contributed by atoms with van der Waals surface area (Å²) in [6.07, 6.45) is 4.95. The Bertz CT molecular complexity index is 1380. The maximum absolute atomic E-state index is 12.5. The van der Waals surface area contributed by atoms with E-state index in [1.807, 2.05) is 48.5 Å². The molecule has 8 nitrogen and oxygen atoms in total. The van der Waals surface area contributed by atoms with Crippen LogP contribution in [0.5, 0.6) is 0 Å². The van der Waals surface area contributed by atoms with Crippen LogP contribution in [0.25, 0.3) is 11.1 Å². The standard InChI is InChI=1S/C37H47N3O5/c1-4-22-40(3)25-33-23-35(30-15-13-28(26-41)14-16-30)45-37(44-33)31-19-17-29(18-20-31)34-11-8-7-10-32(34)24-39-36(43)12-6-5-9-21-38-27(2)42/h4,7-8,10-11,13-20,33,35,37,41H,1,5-6,9,12,21-26H2,2-3H3,(H,38,42)(H,39,43)/t33-,35+,37+/m1/s1. The molecule has 0 bridgehead atoms. The van der Waals surface area contributed by atoms with Gasteiger partial charge in [0.2, 0.25) is 11.8 Å². The maximum Gasteiger partial charge on any atom is 0.220 e. The van der Waals surface area contributed by atoms with Gasteiger partial charge in [-0.15, -0.1) is 6.58 Å². The molecular formula is C37H47N3O5. The summed E-state index contributed by atoms with van der Waals surface area (Å²) >= 11 is 0. The monoisotopic (exact) mass is 613 g/mol. The molecule has 45 heavy (non-hydrogen) atoms. The van der Waals surface area contributed by atoms with Crippen LogP contribution in [-0.4, -0.2) is 54.6 Å². The average Bonchev–Trinajstić information content (AvgIpc) is 3.05. The number of likely N-dealkylation sites (N-methyl/N-ethyl adjacent to an activating group) is 1. The van der Waals surface area contributed by atoms with Gasteiger partial charge in [-0.3, -0.25) is 9.59 Å². The summed E-state index contributed by atoms with van der Waals surface area (Å²) in [6, 6.07) is 24.3. The van der Waals surface area contributed by atoms with Gasteiger partial charge in [0.1, 0.15) is 0 Å². The molecule has 1 fully saturated rings. The van der Waals surface area contributed by atoms with Crippen molar-refractivity contribution < 1.29 is 24.2 Å². The number of hydrogen-bond acceptors (Lipinski definition) is 6. The van der Waals surface area contributed by atoms with E-state index in [1.54, 1.807) is 0 Å². The molecule has 0 aliphatic carbocycles. The van der Waals surface area contributed by atoms with Gasteiger partial charge in [0.25, 0.3) is 0 Å². The second-order valence-electron chi connectivity index (χ2n) is 11.7. The number of rotatable bonds is 16. The van der Waals surface area contributed by atoms with Crippen molar-refractivity contribution in [2.75, 3.05) is 26.7 Å². The molecule has 0 saturated carbocycles. The summed E-state index contributed by atoms with van der Waals surface area (Å²) in [5.74, 6) is 0.00334. The fraction of sp³-hybridized carbons (Fsp3) is 0.405. The number of carbonyl (C=O) groups is 2. The summed E-state index contributed by atoms with van der Waals surface area (Å²) in [5.41, 5.74) is 6.04. The van der Waals surface area contributed by atoms with Crippen molar-refractivity contribution >= 4 is 11.8 Å². The largest absolute Gasteiger partial charge is 0.392 e. The van der Waals surface area contributed by atoms with Gasteiger partial charge < -0.3 is 30.1 Å². The van der Waals surface area contributed by atoms with Crippen LogP contribution in [0.1, 0.15) is 73.7 Å². The van der Waals surface area contributed by atoms with Gasteiger partial charge in [-0.25, -0.2) is 0 Å². The first kappa shape index (κ1) is 34.1. The first-order valence-electron chi connectivity index (χ1n) is 15.9. The number of hydrogen-bond donors (Lipinski definition) is 3. The van der Waals surface area contributed by atoms with Crippen molar-refractivity contribution in [1.29, 1.82) is 0 Å². The Hall–Kier alpha value is -3.82. The Morgan fingerprint density at radius 3 is 2.40 bits per heavy atom. The number of aliphatic hydroxyl groups excluding tert-OH is 1. The quantitative estimate of drug-likeness (QED) is 0.139. The van der Waals surface area contributed by atoms with Crippen LogP contribution in [0.4, 0.5) is 0 Å². The molecule has 8 heteroatoms. The van der Waals surface area contributed by atoms with Crippen molar-refractivity contribution in [2.24, 2.45) is 0 Å². The molecule has 240 valence electrons. The van der Waals surface area contributed by atoms with Crippen LogP contribution in [0, 0.1) is 0 Å². The predicted molar refractivity (Wildman–Crippen MR) is 177 cm³/mol. The number of nitrogens with one attached hydrogen (secondary N) is 2. The van der Waals surface area contributed by atoms with Crippen LogP contribution in [0.2, 0.25) is 0 Å². The van der Waals surface area contributed by atoms with Crippen molar-refractivity contribution in [3.05, 3.63) is 108 Å². The molecule has 3 aromatic rings. The first-order valence-corrected chi connectivity index (χ1v) is 15.9. The van der Waals surface area contributed by atoms with E-state index in [0.717, 1.165) is 72.2 Å². The van der Waals surface area contributed by atoms with E-state index < -0.39 is 6.29 Å². The maximum atomic E-state index is 12.5. The molecular weight excluding hydrogens is 566 g/mol. The SMILES string of the molecule is C=CCN(C)C[C@H]1C[C@@H](c2ccc(CO)cc2)O[C@@H](c2ccc(-c3ccccc3CNC(=O)CCCCCNC(C)=O)cc2)O1. The molecule has 1 heterocycles. The third kappa shape index (κ3) is 10.6. The molecule has 0 unspecified atom stereocenters. The Labute approximate surface area is 267 Å². The van der Waals surface area contributed by atoms with Crippen molar-refractivity contribution in [2.45, 2.75) is 70.7 Å². The van der Waals surface area contributed by atoms with Crippen LogP contribution in [0.3, 0.4) is 0 Å². The third-order valence-corrected chi connectivity index (χ3v) is 8.01. The lowest BCUT2D eigenvalue weighted by molar-refractivity contribution is -0.252. The van der Waals surface area contributed by atoms with E-state index in [9.17, 15) is 14.7 Å². The van der Waals surface area contributed by atoms with E-state index in [2.05, 4.69) is 59.5 Å². The van der Waals surface area contributed by atoms with Crippen LogP contribution in [0.15, 0.2) is 85.5 Å². The Morgan fingerprint density at radius 2 is 1.69 bits per heavy atom. The molecule has 3 N–H and O–H groups in total. The second kappa shape index (κ2) is 17.6. The number of benzene rings is 3. The molecule has 1 saturated heterocycles. The van der Waals surface area contributed by atoms with Crippen molar-refractivity contribution in [3.63, 3.8) is 0 Å². The molecule has 0 aromatic heterocycles. The fourth-order valence-corrected chi connectivity index (χ4v) is 5.59. The minimum atomic E-state index is -0.523. The lowest BCUT2D eigenvalue weighted by Crippen LogP contribution is -2.37. The topological polar surface area (TPSA) is 100 Å². The van der Waals surface area contributed by atoms with Gasteiger partial charge in [0, 0.05) is 51.5 Å². The highest BCUT2D eigenvalue weighted by molar-refractivity contribution is 5.76. The fourth-order valence-electron chi connectivity index (χ4n) is 5.59. The Kier molecular flexibility index (Phi) is 13.3. The van der Waals surface area contributed by atoms with E-state index in [4.69, 9.17) is 9.47 Å². The van der Waals surface area contributed by atoms with E-state index in [1.165, 1.54) is 6.92 Å². The summed E-state index contributed by atoms with van der Waals surface area (Å²) in [4.78, 5) is 25.6. The summed E-state index contributed by atoms with van der Waals surface area (Å²) in [5, 5.41) is 15.3. The zero-order valence-corrected chi connectivity index (χ0v) is 26.5. The van der Waals surface area contributed by atoms with Gasteiger partial charge in [-0.1, -0.05) is 85.3 Å². The second-order valence-corrected chi connectivity index (χ2v) is 11.7. The highest BCUT2D eigenvalue weighted by Crippen LogP contribution is 2.38. The summed E-state index contributed by atoms with van der Waals surface area (Å²) in [6.45, 7) is 8.01. The number of unbranched alkanes of at least 4 members (excludes halogenated alkanes) is 2. The zero-order valence-electron chi connectivity index (χ0n) is 26.5. The average molecular weight is 614 g/mol. The number of amides is 2. The first-order chi connectivity index (χ1) is 21.9. The minimum Gasteiger partial charge on any atom is -0.392 e. The number of nitrogens with zero attached hydrogens (tertiary/aromatic N) is 1. The number of aliphatic hydroxyl groups is 1. The molecule has 3 atom stereocenters. The van der Waals surface area contributed by atoms with E-state index in [0.29, 0.717) is 19.5 Å². The van der Waals surface area contributed by atoms with Gasteiger partial charge in [-0.05, 0) is 47.7 Å². The summed E-state index contributed by atoms with van der Waals surface area (Å²) in [7, 11) is 2.06. The molecule has 0 spiro atoms. The smallest absolute Gasteiger partial charge is 0.220 e. The van der Waals surface area contributed by atoms with Crippen molar-refractivity contribution in [1.82, 2.24) is 15.5 Å². The normalized spacial score (nSPS) is 18.0. The van der Waals surface area contributed by atoms with Crippen LogP contribution in [-0.2, 0) is 32.2 Å².